The summed E-state index contributed by atoms with van der Waals surface area (Å²) in [7, 11) is 0. The molecular formula is C52H56N12O6. The molecule has 3 aromatic carbocycles. The number of piperidine rings is 2. The topological polar surface area (TPSA) is 207 Å². The zero-order chi connectivity index (χ0) is 47.9. The number of hydrogen-bond acceptors (Lipinski definition) is 13. The van der Waals surface area contributed by atoms with Gasteiger partial charge < -0.3 is 30.3 Å². The van der Waals surface area contributed by atoms with Crippen molar-refractivity contribution in [1.29, 1.82) is 0 Å². The molecule has 5 aromatic rings. The number of fused-ring (bicyclic) bond motifs is 1. The van der Waals surface area contributed by atoms with Gasteiger partial charge in [-0.2, -0.15) is 0 Å². The van der Waals surface area contributed by atoms with Crippen LogP contribution >= 0.6 is 0 Å². The molecule has 1 spiro atoms. The average molecular weight is 945 g/mol. The number of nitrogens with one attached hydrogen (secondary N) is 4. The second-order valence-electron chi connectivity index (χ2n) is 19.8. The van der Waals surface area contributed by atoms with E-state index in [1.165, 1.54) is 24.6 Å². The standard InChI is InChI=1S/C52H56N12O6/c65-43-14-13-42(50(69)59-43)64-46(68)28-41(51(64)70)56-36-8-4-7-34(23-36)25-45(67)62-17-15-52(16-18-62)29-40(30-52)61-21-19-60(20-22-61)38-11-9-35(10-12-38)58-48-47-49(54-31-53-48)63(32-55-47)39-26-37(27-39)57-44(66)24-33-5-2-1-3-6-33/h1-12,23,28,31-32,37,39-40,42,56H,13-22,24-27,29-30H2,(H,57,66)(H,53,54,58)(H,59,65,69). The molecule has 6 aliphatic rings. The zero-order valence-corrected chi connectivity index (χ0v) is 38.9. The summed E-state index contributed by atoms with van der Waals surface area (Å²) in [5, 5.41) is 11.8. The van der Waals surface area contributed by atoms with E-state index in [0.717, 1.165) is 92.3 Å². The molecule has 1 unspecified atom stereocenters. The second kappa shape index (κ2) is 18.8. The van der Waals surface area contributed by atoms with Crippen molar-refractivity contribution in [3.8, 4) is 0 Å². The summed E-state index contributed by atoms with van der Waals surface area (Å²) >= 11 is 0. The Morgan fingerprint density at radius 3 is 2.27 bits per heavy atom. The minimum absolute atomic E-state index is 0.0372. The maximum Gasteiger partial charge on any atom is 0.278 e. The molecule has 18 heteroatoms. The smallest absolute Gasteiger partial charge is 0.278 e. The predicted molar refractivity (Wildman–Crippen MR) is 260 cm³/mol. The normalized spacial score (nSPS) is 22.7. The first-order valence-electron chi connectivity index (χ1n) is 24.5. The van der Waals surface area contributed by atoms with Gasteiger partial charge in [0.1, 0.15) is 18.1 Å². The van der Waals surface area contributed by atoms with Crippen LogP contribution in [0.15, 0.2) is 103 Å². The Morgan fingerprint density at radius 2 is 1.51 bits per heavy atom. The van der Waals surface area contributed by atoms with E-state index in [0.29, 0.717) is 34.9 Å². The van der Waals surface area contributed by atoms with Crippen LogP contribution in [0.5, 0.6) is 0 Å². The number of anilines is 4. The lowest BCUT2D eigenvalue weighted by molar-refractivity contribution is -0.149. The van der Waals surface area contributed by atoms with Gasteiger partial charge in [0.2, 0.25) is 23.6 Å². The number of carbonyl (C=O) groups excluding carboxylic acids is 6. The lowest BCUT2D eigenvalue weighted by Crippen LogP contribution is -2.59. The van der Waals surface area contributed by atoms with Crippen LogP contribution in [0.25, 0.3) is 11.2 Å². The van der Waals surface area contributed by atoms with E-state index >= 15 is 0 Å². The molecule has 1 atom stereocenters. The van der Waals surface area contributed by atoms with Crippen LogP contribution in [-0.2, 0) is 41.6 Å². The number of nitrogens with zero attached hydrogens (tertiary/aromatic N) is 8. The summed E-state index contributed by atoms with van der Waals surface area (Å²) < 4.78 is 2.10. The third-order valence-corrected chi connectivity index (χ3v) is 15.3. The number of likely N-dealkylation sites (tertiary alicyclic amines) is 1. The van der Waals surface area contributed by atoms with E-state index in [2.05, 4.69) is 69.9 Å². The van der Waals surface area contributed by atoms with Crippen molar-refractivity contribution in [2.24, 2.45) is 5.41 Å². The molecule has 0 radical (unpaired) electrons. The molecule has 360 valence electrons. The molecular weight excluding hydrogens is 889 g/mol. The Balaban J connectivity index is 0.604. The number of carbonyl (C=O) groups is 6. The number of imidazole rings is 1. The molecule has 6 heterocycles. The summed E-state index contributed by atoms with van der Waals surface area (Å²) in [4.78, 5) is 97.7. The highest BCUT2D eigenvalue weighted by Crippen LogP contribution is 2.51. The maximum atomic E-state index is 13.5. The zero-order valence-electron chi connectivity index (χ0n) is 38.9. The Morgan fingerprint density at radius 1 is 0.757 bits per heavy atom. The highest BCUT2D eigenvalue weighted by molar-refractivity contribution is 6.20. The number of hydrogen-bond donors (Lipinski definition) is 4. The molecule has 6 amide bonds. The van der Waals surface area contributed by atoms with Crippen LogP contribution in [-0.4, -0.2) is 127 Å². The molecule has 2 aliphatic carbocycles. The first-order chi connectivity index (χ1) is 34.0. The van der Waals surface area contributed by atoms with Gasteiger partial charge in [-0.1, -0.05) is 42.5 Å². The third-order valence-electron chi connectivity index (χ3n) is 15.3. The molecule has 0 bridgehead atoms. The number of imide groups is 2. The lowest BCUT2D eigenvalue weighted by atomic mass is 9.60. The average Bonchev–Trinajstić information content (AvgIpc) is 3.89. The quantitative estimate of drug-likeness (QED) is 0.122. The summed E-state index contributed by atoms with van der Waals surface area (Å²) in [5.41, 5.74) is 6.30. The second-order valence-corrected chi connectivity index (χ2v) is 19.8. The van der Waals surface area contributed by atoms with Gasteiger partial charge in [0.25, 0.3) is 11.8 Å². The largest absolute Gasteiger partial charge is 0.369 e. The van der Waals surface area contributed by atoms with Crippen molar-refractivity contribution < 1.29 is 28.8 Å². The van der Waals surface area contributed by atoms with Crippen LogP contribution in [0.2, 0.25) is 0 Å². The molecule has 2 saturated carbocycles. The first kappa shape index (κ1) is 45.0. The van der Waals surface area contributed by atoms with Crippen molar-refractivity contribution in [2.45, 2.75) is 88.4 Å². The number of amides is 6. The highest BCUT2D eigenvalue weighted by Gasteiger charge is 2.49. The van der Waals surface area contributed by atoms with Gasteiger partial charge in [-0.05, 0) is 97.9 Å². The molecule has 5 fully saturated rings. The number of aromatic nitrogens is 4. The van der Waals surface area contributed by atoms with Crippen molar-refractivity contribution >= 4 is 69.5 Å². The van der Waals surface area contributed by atoms with Crippen molar-refractivity contribution in [1.82, 2.24) is 44.9 Å². The summed E-state index contributed by atoms with van der Waals surface area (Å²) in [5.74, 6) is -1.55. The summed E-state index contributed by atoms with van der Waals surface area (Å²) in [6.07, 6.45) is 11.3. The monoisotopic (exact) mass is 944 g/mol. The van der Waals surface area contributed by atoms with Crippen molar-refractivity contribution in [2.75, 3.05) is 54.8 Å². The SMILES string of the molecule is O=C1CCC(N2C(=O)C=C(Nc3cccc(CC(=O)N4CCC5(CC4)CC(N4CCN(c6ccc(Nc7ncnc8c7ncn8C7CC(NC(=O)Cc8ccccc8)C7)cc6)CC4)C5)c3)C2=O)C(=O)N1. The van der Waals surface area contributed by atoms with Gasteiger partial charge in [-0.15, -0.1) is 0 Å². The predicted octanol–water partition coefficient (Wildman–Crippen LogP) is 4.24. The first-order valence-corrected chi connectivity index (χ1v) is 24.5. The van der Waals surface area contributed by atoms with Gasteiger partial charge in [0.15, 0.2) is 17.0 Å². The number of piperazine rings is 1. The lowest BCUT2D eigenvalue weighted by Gasteiger charge is -2.56. The van der Waals surface area contributed by atoms with Crippen LogP contribution in [0.4, 0.5) is 22.9 Å². The van der Waals surface area contributed by atoms with E-state index in [1.54, 1.807) is 24.5 Å². The van der Waals surface area contributed by atoms with Gasteiger partial charge in [-0.25, -0.2) is 15.0 Å². The van der Waals surface area contributed by atoms with Gasteiger partial charge in [0, 0.05) is 87.0 Å². The fraction of sp³-hybridized carbons (Fsp3) is 0.404. The van der Waals surface area contributed by atoms with E-state index in [1.807, 2.05) is 47.6 Å². The fourth-order valence-electron chi connectivity index (χ4n) is 11.3. The Bertz CT molecular complexity index is 2870. The summed E-state index contributed by atoms with van der Waals surface area (Å²) in [6, 6.07) is 25.4. The minimum Gasteiger partial charge on any atom is -0.369 e. The Labute approximate surface area is 404 Å². The fourth-order valence-corrected chi connectivity index (χ4v) is 11.3. The van der Waals surface area contributed by atoms with Crippen LogP contribution < -0.4 is 26.2 Å². The van der Waals surface area contributed by atoms with E-state index in [-0.39, 0.29) is 48.9 Å². The third kappa shape index (κ3) is 9.22. The molecule has 2 aromatic heterocycles. The Hall–Kier alpha value is -7.47. The van der Waals surface area contributed by atoms with Gasteiger partial charge >= 0.3 is 0 Å². The van der Waals surface area contributed by atoms with Crippen LogP contribution in [0.3, 0.4) is 0 Å². The molecule has 4 aliphatic heterocycles. The van der Waals surface area contributed by atoms with E-state index < -0.39 is 29.7 Å². The van der Waals surface area contributed by atoms with Crippen molar-refractivity contribution in [3.63, 3.8) is 0 Å². The van der Waals surface area contributed by atoms with Gasteiger partial charge in [-0.3, -0.25) is 43.9 Å². The highest BCUT2D eigenvalue weighted by atomic mass is 16.2. The van der Waals surface area contributed by atoms with E-state index in [9.17, 15) is 28.8 Å². The Kier molecular flexibility index (Phi) is 12.1. The summed E-state index contributed by atoms with van der Waals surface area (Å²) in [6.45, 7) is 5.44. The maximum absolute atomic E-state index is 13.5. The number of benzene rings is 3. The van der Waals surface area contributed by atoms with Crippen LogP contribution in [0, 0.1) is 5.41 Å². The van der Waals surface area contributed by atoms with Crippen LogP contribution in [0.1, 0.15) is 68.5 Å². The molecule has 4 N–H and O–H groups in total. The molecule has 18 nitrogen and oxygen atoms in total. The molecule has 3 saturated heterocycles. The van der Waals surface area contributed by atoms with E-state index in [4.69, 9.17) is 4.98 Å². The molecule has 70 heavy (non-hydrogen) atoms. The minimum atomic E-state index is -1.03. The van der Waals surface area contributed by atoms with Gasteiger partial charge in [0.05, 0.1) is 19.2 Å². The molecule has 11 rings (SSSR count). The van der Waals surface area contributed by atoms with Crippen molar-refractivity contribution in [3.05, 3.63) is 114 Å². The number of rotatable bonds is 13.